The van der Waals surface area contributed by atoms with Crippen molar-refractivity contribution in [1.82, 2.24) is 9.88 Å². The van der Waals surface area contributed by atoms with E-state index in [9.17, 15) is 14.7 Å². The van der Waals surface area contributed by atoms with E-state index in [0.717, 1.165) is 35.0 Å². The van der Waals surface area contributed by atoms with Crippen LogP contribution in [0.5, 0.6) is 5.75 Å². The maximum atomic E-state index is 13.2. The van der Waals surface area contributed by atoms with Gasteiger partial charge in [0.2, 0.25) is 0 Å². The van der Waals surface area contributed by atoms with Crippen LogP contribution in [0, 0.1) is 12.8 Å². The van der Waals surface area contributed by atoms with E-state index in [1.54, 1.807) is 29.2 Å². The molecule has 2 N–H and O–H groups in total. The number of Topliss-reactive ketones (excluding diaryl/α,β-unsaturated/α-hetero) is 1. The smallest absolute Gasteiger partial charge is 0.295 e. The van der Waals surface area contributed by atoms with Gasteiger partial charge in [0, 0.05) is 34.3 Å². The molecule has 1 unspecified atom stereocenters. The standard InChI is InChI=1S/C28H32N2O4/c1-5-6-15-30-25(23-18(4)29-22-10-8-7-9-21(22)23)24(27(32)28(30)33)26(31)19-11-13-20(14-12-19)34-16-17(2)3/h7-14,17,25,29,31H,5-6,15-16H2,1-4H3/b26-24+. The average molecular weight is 461 g/mol. The minimum absolute atomic E-state index is 0.129. The number of aliphatic hydroxyl groups excluding tert-OH is 1. The zero-order valence-corrected chi connectivity index (χ0v) is 20.2. The Hall–Kier alpha value is -3.54. The SMILES string of the molecule is CCCCN1C(=O)C(=O)/C(=C(/O)c2ccc(OCC(C)C)cc2)C1c1c(C)[nH]c2ccccc12. The van der Waals surface area contributed by atoms with Gasteiger partial charge in [0.05, 0.1) is 18.2 Å². The lowest BCUT2D eigenvalue weighted by molar-refractivity contribution is -0.139. The number of H-pyrrole nitrogens is 1. The number of aryl methyl sites for hydroxylation is 1. The van der Waals surface area contributed by atoms with Gasteiger partial charge in [-0.25, -0.2) is 0 Å². The van der Waals surface area contributed by atoms with Crippen molar-refractivity contribution in [2.45, 2.75) is 46.6 Å². The van der Waals surface area contributed by atoms with Gasteiger partial charge >= 0.3 is 0 Å². The highest BCUT2D eigenvalue weighted by Gasteiger charge is 2.47. The third-order valence-electron chi connectivity index (χ3n) is 6.22. The normalized spacial score (nSPS) is 17.8. The number of rotatable bonds is 8. The molecule has 6 nitrogen and oxygen atoms in total. The Kier molecular flexibility index (Phi) is 6.77. The maximum absolute atomic E-state index is 13.2. The van der Waals surface area contributed by atoms with Crippen LogP contribution >= 0.6 is 0 Å². The summed E-state index contributed by atoms with van der Waals surface area (Å²) >= 11 is 0. The Bertz CT molecular complexity index is 1240. The van der Waals surface area contributed by atoms with Crippen LogP contribution in [-0.2, 0) is 9.59 Å². The van der Waals surface area contributed by atoms with Crippen LogP contribution in [0.15, 0.2) is 54.1 Å². The van der Waals surface area contributed by atoms with E-state index in [2.05, 4.69) is 18.8 Å². The zero-order valence-electron chi connectivity index (χ0n) is 20.2. The van der Waals surface area contributed by atoms with E-state index in [1.807, 2.05) is 38.1 Å². The third kappa shape index (κ3) is 4.32. The molecule has 0 radical (unpaired) electrons. The van der Waals surface area contributed by atoms with Gasteiger partial charge in [-0.05, 0) is 49.6 Å². The van der Waals surface area contributed by atoms with Crippen LogP contribution in [0.2, 0.25) is 0 Å². The van der Waals surface area contributed by atoms with Gasteiger partial charge in [0.1, 0.15) is 11.5 Å². The van der Waals surface area contributed by atoms with Crippen LogP contribution in [0.25, 0.3) is 16.7 Å². The first-order valence-corrected chi connectivity index (χ1v) is 11.9. The Labute approximate surface area is 200 Å². The lowest BCUT2D eigenvalue weighted by Crippen LogP contribution is -2.30. The molecule has 2 aromatic carbocycles. The number of benzene rings is 2. The van der Waals surface area contributed by atoms with E-state index in [4.69, 9.17) is 4.74 Å². The molecular weight excluding hydrogens is 428 g/mol. The molecule has 0 aliphatic carbocycles. The van der Waals surface area contributed by atoms with Crippen molar-refractivity contribution in [2.24, 2.45) is 5.92 Å². The van der Waals surface area contributed by atoms with Crippen molar-refractivity contribution < 1.29 is 19.4 Å². The fourth-order valence-corrected chi connectivity index (χ4v) is 4.52. The summed E-state index contributed by atoms with van der Waals surface area (Å²) < 4.78 is 5.74. The van der Waals surface area contributed by atoms with E-state index in [0.29, 0.717) is 30.4 Å². The van der Waals surface area contributed by atoms with Crippen LogP contribution in [0.4, 0.5) is 0 Å². The van der Waals surface area contributed by atoms with Crippen LogP contribution in [-0.4, -0.2) is 39.8 Å². The van der Waals surface area contributed by atoms with Gasteiger partial charge in [-0.15, -0.1) is 0 Å². The largest absolute Gasteiger partial charge is 0.507 e. The fourth-order valence-electron chi connectivity index (χ4n) is 4.52. The molecule has 6 heteroatoms. The van der Waals surface area contributed by atoms with Crippen molar-refractivity contribution in [3.8, 4) is 5.75 Å². The third-order valence-corrected chi connectivity index (χ3v) is 6.22. The molecule has 1 fully saturated rings. The number of aromatic nitrogens is 1. The molecule has 1 aromatic heterocycles. The van der Waals surface area contributed by atoms with Gasteiger partial charge in [-0.3, -0.25) is 9.59 Å². The number of aliphatic hydroxyl groups is 1. The highest BCUT2D eigenvalue weighted by Crippen LogP contribution is 2.43. The Morgan fingerprint density at radius 1 is 1.12 bits per heavy atom. The number of amides is 1. The topological polar surface area (TPSA) is 82.6 Å². The van der Waals surface area contributed by atoms with E-state index in [1.165, 1.54) is 0 Å². The molecule has 1 aliphatic rings. The molecule has 1 atom stereocenters. The summed E-state index contributed by atoms with van der Waals surface area (Å²) in [4.78, 5) is 31.3. The molecule has 1 aliphatic heterocycles. The highest BCUT2D eigenvalue weighted by molar-refractivity contribution is 6.46. The van der Waals surface area contributed by atoms with Crippen molar-refractivity contribution >= 4 is 28.4 Å². The first-order chi connectivity index (χ1) is 16.3. The minimum Gasteiger partial charge on any atom is -0.507 e. The number of carbonyl (C=O) groups is 2. The average Bonchev–Trinajstić information content (AvgIpc) is 3.28. The van der Waals surface area contributed by atoms with E-state index < -0.39 is 17.7 Å². The molecule has 0 saturated carbocycles. The van der Waals surface area contributed by atoms with Gasteiger partial charge in [-0.2, -0.15) is 0 Å². The molecule has 0 bridgehead atoms. The van der Waals surface area contributed by atoms with Crippen LogP contribution in [0.1, 0.15) is 56.5 Å². The summed E-state index contributed by atoms with van der Waals surface area (Å²) in [7, 11) is 0. The molecule has 3 aromatic rings. The predicted octanol–water partition coefficient (Wildman–Crippen LogP) is 5.73. The quantitative estimate of drug-likeness (QED) is 0.255. The number of aromatic amines is 1. The number of carbonyl (C=O) groups excluding carboxylic acids is 2. The number of hydrogen-bond acceptors (Lipinski definition) is 4. The second-order valence-electron chi connectivity index (χ2n) is 9.28. The number of unbranched alkanes of at least 4 members (excludes halogenated alkanes) is 1. The Morgan fingerprint density at radius 3 is 2.50 bits per heavy atom. The number of likely N-dealkylation sites (tertiary alicyclic amines) is 1. The minimum atomic E-state index is -0.653. The maximum Gasteiger partial charge on any atom is 0.295 e. The summed E-state index contributed by atoms with van der Waals surface area (Å²) in [5, 5.41) is 12.3. The summed E-state index contributed by atoms with van der Waals surface area (Å²) in [5.41, 5.74) is 3.27. The molecule has 0 spiro atoms. The molecular formula is C28H32N2O4. The van der Waals surface area contributed by atoms with Gasteiger partial charge in [-0.1, -0.05) is 45.4 Å². The summed E-state index contributed by atoms with van der Waals surface area (Å²) in [6.45, 7) is 9.17. The first-order valence-electron chi connectivity index (χ1n) is 11.9. The van der Waals surface area contributed by atoms with Crippen molar-refractivity contribution in [3.63, 3.8) is 0 Å². The number of ketones is 1. The second-order valence-corrected chi connectivity index (χ2v) is 9.28. The van der Waals surface area contributed by atoms with Crippen LogP contribution < -0.4 is 4.74 Å². The predicted molar refractivity (Wildman–Crippen MR) is 134 cm³/mol. The molecule has 178 valence electrons. The highest BCUT2D eigenvalue weighted by atomic mass is 16.5. The van der Waals surface area contributed by atoms with E-state index in [-0.39, 0.29) is 11.3 Å². The lowest BCUT2D eigenvalue weighted by atomic mass is 9.93. The Balaban J connectivity index is 1.83. The Morgan fingerprint density at radius 2 is 1.82 bits per heavy atom. The number of para-hydroxylation sites is 1. The van der Waals surface area contributed by atoms with Crippen molar-refractivity contribution in [3.05, 3.63) is 70.9 Å². The molecule has 4 rings (SSSR count). The molecule has 1 saturated heterocycles. The number of fused-ring (bicyclic) bond motifs is 1. The van der Waals surface area contributed by atoms with Crippen molar-refractivity contribution in [1.29, 1.82) is 0 Å². The summed E-state index contributed by atoms with van der Waals surface area (Å²) in [5.74, 6) is -0.295. The van der Waals surface area contributed by atoms with Crippen LogP contribution in [0.3, 0.4) is 0 Å². The second kappa shape index (κ2) is 9.75. The van der Waals surface area contributed by atoms with E-state index >= 15 is 0 Å². The lowest BCUT2D eigenvalue weighted by Gasteiger charge is -2.25. The van der Waals surface area contributed by atoms with Crippen molar-refractivity contribution in [2.75, 3.05) is 13.2 Å². The number of nitrogens with one attached hydrogen (secondary N) is 1. The number of hydrogen-bond donors (Lipinski definition) is 2. The van der Waals surface area contributed by atoms with Gasteiger partial charge in [0.15, 0.2) is 0 Å². The summed E-state index contributed by atoms with van der Waals surface area (Å²) in [6.07, 6.45) is 1.66. The monoisotopic (exact) mass is 460 g/mol. The zero-order chi connectivity index (χ0) is 24.4. The first kappa shape index (κ1) is 23.6. The summed E-state index contributed by atoms with van der Waals surface area (Å²) in [6, 6.07) is 14.2. The molecule has 2 heterocycles. The fraction of sp³-hybridized carbons (Fsp3) is 0.357. The number of nitrogens with zero attached hydrogens (tertiary/aromatic N) is 1. The molecule has 34 heavy (non-hydrogen) atoms. The number of ether oxygens (including phenoxy) is 1. The van der Waals surface area contributed by atoms with Gasteiger partial charge < -0.3 is 19.7 Å². The molecule has 1 amide bonds. The van der Waals surface area contributed by atoms with Gasteiger partial charge in [0.25, 0.3) is 11.7 Å².